The van der Waals surface area contributed by atoms with Crippen LogP contribution >= 0.6 is 5.51 Å². The van der Waals surface area contributed by atoms with Gasteiger partial charge in [0.05, 0.1) is 0 Å². The third kappa shape index (κ3) is 4.37. The van der Waals surface area contributed by atoms with E-state index in [-0.39, 0.29) is 0 Å². The molecule has 230 valence electrons. The first kappa shape index (κ1) is 28.6. The first-order valence-corrected chi connectivity index (χ1v) is 20.3. The SMILES string of the molecule is [Se]=P(c1ccccc1)(c1ccccc1)c1ccc2c(c1)c1ccc3ccccc3c1c1nc3ccc(-c4ncc5ccccc5n4)cc3n21. The van der Waals surface area contributed by atoms with Crippen LogP contribution in [0.1, 0.15) is 0 Å². The van der Waals surface area contributed by atoms with Gasteiger partial charge in [-0.05, 0) is 6.07 Å². The predicted molar refractivity (Wildman–Crippen MR) is 208 cm³/mol. The van der Waals surface area contributed by atoms with Crippen LogP contribution in [-0.4, -0.2) is 34.5 Å². The Kier molecular flexibility index (Phi) is 6.44. The summed E-state index contributed by atoms with van der Waals surface area (Å²) < 4.78 is 2.35. The third-order valence-corrected chi connectivity index (χ3v) is 16.7. The molecule has 0 fully saturated rings. The second-order valence-corrected chi connectivity index (χ2v) is 18.6. The molecule has 0 aliphatic carbocycles. The molecular weight excluding hydrogens is 682 g/mol. The van der Waals surface area contributed by atoms with Gasteiger partial charge in [0.2, 0.25) is 0 Å². The standard InChI is InChI=1S/C43H27N4PSe/c49-48(31-13-3-1-4-14-31,32-15-5-2-6-16-32)33-21-24-39-36(26-33)35-22-19-28-11-7-9-17-34(28)41(35)43-46-38-23-20-29(25-40(38)47(39)43)42-44-27-30-12-8-10-18-37(30)45-42/h1-27H. The van der Waals surface area contributed by atoms with E-state index in [9.17, 15) is 0 Å². The van der Waals surface area contributed by atoms with Crippen LogP contribution in [0.4, 0.5) is 0 Å². The zero-order valence-corrected chi connectivity index (χ0v) is 28.8. The summed E-state index contributed by atoms with van der Waals surface area (Å²) in [5.41, 5.74) is 3.85. The van der Waals surface area contributed by atoms with Crippen LogP contribution in [0, 0.1) is 0 Å². The number of para-hydroxylation sites is 1. The van der Waals surface area contributed by atoms with Crippen molar-refractivity contribution in [2.24, 2.45) is 0 Å². The summed E-state index contributed by atoms with van der Waals surface area (Å²) in [6.45, 7) is 0. The summed E-state index contributed by atoms with van der Waals surface area (Å²) in [5, 5.41) is 10.9. The molecule has 0 aliphatic rings. The molecule has 0 amide bonds. The topological polar surface area (TPSA) is 43.1 Å². The molecule has 3 aromatic heterocycles. The maximum atomic E-state index is 5.32. The fourth-order valence-electron chi connectivity index (χ4n) is 7.33. The Bertz CT molecular complexity index is 2930. The second-order valence-electron chi connectivity index (χ2n) is 12.4. The summed E-state index contributed by atoms with van der Waals surface area (Å²) in [4.78, 5) is 15.0. The molecule has 0 N–H and O–H groups in total. The number of nitrogens with zero attached hydrogens (tertiary/aromatic N) is 4. The Morgan fingerprint density at radius 1 is 0.490 bits per heavy atom. The molecule has 0 saturated heterocycles. The number of hydrogen-bond acceptors (Lipinski definition) is 3. The van der Waals surface area contributed by atoms with Gasteiger partial charge in [0.15, 0.2) is 0 Å². The molecule has 0 spiro atoms. The molecule has 3 heterocycles. The van der Waals surface area contributed by atoms with Gasteiger partial charge in [-0.3, -0.25) is 0 Å². The Morgan fingerprint density at radius 2 is 1.20 bits per heavy atom. The molecule has 49 heavy (non-hydrogen) atoms. The summed E-state index contributed by atoms with van der Waals surface area (Å²) in [5.74, 6) is 0.704. The molecule has 7 aromatic carbocycles. The van der Waals surface area contributed by atoms with E-state index < -0.39 is 5.51 Å². The molecule has 0 saturated carbocycles. The minimum atomic E-state index is -2.09. The monoisotopic (exact) mass is 710 g/mol. The fraction of sp³-hybridized carbons (Fsp3) is 0. The number of benzene rings is 7. The third-order valence-electron chi connectivity index (χ3n) is 9.67. The van der Waals surface area contributed by atoms with E-state index in [4.69, 9.17) is 15.0 Å². The van der Waals surface area contributed by atoms with E-state index in [0.717, 1.165) is 44.0 Å². The van der Waals surface area contributed by atoms with E-state index in [1.165, 1.54) is 37.5 Å². The van der Waals surface area contributed by atoms with E-state index in [1.54, 1.807) is 0 Å². The number of rotatable bonds is 4. The van der Waals surface area contributed by atoms with Crippen molar-refractivity contribution < 1.29 is 0 Å². The minimum absolute atomic E-state index is 0.704. The van der Waals surface area contributed by atoms with Crippen molar-refractivity contribution in [3.8, 4) is 11.4 Å². The van der Waals surface area contributed by atoms with Gasteiger partial charge in [-0.15, -0.1) is 0 Å². The number of fused-ring (bicyclic) bond motifs is 11. The Labute approximate surface area is 289 Å². The van der Waals surface area contributed by atoms with Crippen LogP contribution in [-0.2, 0) is 0 Å². The Balaban J connectivity index is 1.32. The molecular formula is C43H27N4PSe. The Hall–Kier alpha value is -5.44. The normalized spacial score (nSPS) is 12.2. The van der Waals surface area contributed by atoms with Crippen LogP contribution in [0.25, 0.3) is 71.4 Å². The molecule has 10 aromatic rings. The molecule has 0 radical (unpaired) electrons. The summed E-state index contributed by atoms with van der Waals surface area (Å²) >= 11 is 3.76. The molecule has 0 bridgehead atoms. The first-order valence-electron chi connectivity index (χ1n) is 16.3. The number of hydrogen-bond donors (Lipinski definition) is 0. The molecule has 10 rings (SSSR count). The summed E-state index contributed by atoms with van der Waals surface area (Å²) in [6.07, 6.45) is 1.91. The van der Waals surface area contributed by atoms with Gasteiger partial charge < -0.3 is 0 Å². The van der Waals surface area contributed by atoms with Crippen molar-refractivity contribution in [1.82, 2.24) is 19.4 Å². The summed E-state index contributed by atoms with van der Waals surface area (Å²) in [6, 6.07) is 56.5. The zero-order valence-electron chi connectivity index (χ0n) is 26.2. The van der Waals surface area contributed by atoms with E-state index >= 15 is 0 Å². The van der Waals surface area contributed by atoms with Crippen molar-refractivity contribution in [2.45, 2.75) is 0 Å². The van der Waals surface area contributed by atoms with Crippen LogP contribution < -0.4 is 15.9 Å². The zero-order chi connectivity index (χ0) is 32.5. The van der Waals surface area contributed by atoms with E-state index in [0.29, 0.717) is 5.82 Å². The summed E-state index contributed by atoms with van der Waals surface area (Å²) in [7, 11) is 0. The van der Waals surface area contributed by atoms with Crippen molar-refractivity contribution in [3.63, 3.8) is 0 Å². The molecule has 0 unspecified atom stereocenters. The average Bonchev–Trinajstić information content (AvgIpc) is 3.56. The molecule has 4 nitrogen and oxygen atoms in total. The van der Waals surface area contributed by atoms with Crippen molar-refractivity contribution in [3.05, 3.63) is 164 Å². The predicted octanol–water partition coefficient (Wildman–Crippen LogP) is 8.93. The average molecular weight is 710 g/mol. The van der Waals surface area contributed by atoms with Gasteiger partial charge in [0, 0.05) is 5.39 Å². The number of pyridine rings is 1. The van der Waals surface area contributed by atoms with Crippen LogP contribution in [0.3, 0.4) is 0 Å². The van der Waals surface area contributed by atoms with Gasteiger partial charge in [0.1, 0.15) is 0 Å². The van der Waals surface area contributed by atoms with Gasteiger partial charge >= 0.3 is 262 Å². The quantitative estimate of drug-likeness (QED) is 0.104. The number of aromatic nitrogens is 4. The second kappa shape index (κ2) is 11.1. The van der Waals surface area contributed by atoms with Crippen molar-refractivity contribution in [1.29, 1.82) is 0 Å². The number of imidazole rings is 1. The first-order chi connectivity index (χ1) is 24.2. The molecule has 0 atom stereocenters. The van der Waals surface area contributed by atoms with Crippen molar-refractivity contribution >= 4 is 96.6 Å². The molecule has 0 aliphatic heterocycles. The van der Waals surface area contributed by atoms with E-state index in [2.05, 4.69) is 153 Å². The fourth-order valence-corrected chi connectivity index (χ4v) is 12.2. The van der Waals surface area contributed by atoms with Crippen molar-refractivity contribution in [2.75, 3.05) is 0 Å². The molecule has 6 heteroatoms. The van der Waals surface area contributed by atoms with Gasteiger partial charge in [0.25, 0.3) is 0 Å². The van der Waals surface area contributed by atoms with Crippen LogP contribution in [0.5, 0.6) is 0 Å². The van der Waals surface area contributed by atoms with Crippen LogP contribution in [0.2, 0.25) is 0 Å². The van der Waals surface area contributed by atoms with Gasteiger partial charge in [-0.2, -0.15) is 0 Å². The maximum absolute atomic E-state index is 5.32. The Morgan fingerprint density at radius 3 is 2.00 bits per heavy atom. The van der Waals surface area contributed by atoms with Gasteiger partial charge in [-0.1, -0.05) is 18.2 Å². The van der Waals surface area contributed by atoms with Crippen LogP contribution in [0.15, 0.2) is 164 Å². The van der Waals surface area contributed by atoms with E-state index in [1.807, 2.05) is 30.5 Å². The van der Waals surface area contributed by atoms with Gasteiger partial charge in [-0.25, -0.2) is 0 Å².